The Kier molecular flexibility index (Phi) is 6.85. The molecule has 0 amide bonds. The van der Waals surface area contributed by atoms with Crippen molar-refractivity contribution in [2.24, 2.45) is 0 Å². The minimum atomic E-state index is -1.24. The minimum absolute atomic E-state index is 0.189. The van der Waals surface area contributed by atoms with Crippen LogP contribution in [0.25, 0.3) is 11.1 Å². The molecule has 2 rings (SSSR count). The van der Waals surface area contributed by atoms with Crippen molar-refractivity contribution in [3.8, 4) is 16.9 Å². The van der Waals surface area contributed by atoms with Crippen molar-refractivity contribution in [2.45, 2.75) is 46.0 Å². The molecule has 25 heavy (non-hydrogen) atoms. The van der Waals surface area contributed by atoms with E-state index in [2.05, 4.69) is 6.92 Å². The zero-order valence-electron chi connectivity index (χ0n) is 14.5. The maximum absolute atomic E-state index is 14.3. The topological polar surface area (TPSA) is 9.23 Å². The largest absolute Gasteiger partial charge is 0.490 e. The summed E-state index contributed by atoms with van der Waals surface area (Å²) in [6.45, 7) is 4.04. The molecule has 0 aliphatic rings. The van der Waals surface area contributed by atoms with Crippen LogP contribution < -0.4 is 4.74 Å². The van der Waals surface area contributed by atoms with E-state index in [-0.39, 0.29) is 29.0 Å². The van der Waals surface area contributed by atoms with Crippen molar-refractivity contribution >= 4 is 0 Å². The Hall–Kier alpha value is -2.04. The lowest BCUT2D eigenvalue weighted by Crippen LogP contribution is -2.03. The number of hydrogen-bond acceptors (Lipinski definition) is 1. The molecule has 0 bridgehead atoms. The summed E-state index contributed by atoms with van der Waals surface area (Å²) < 4.78 is 61.9. The molecule has 0 saturated carbocycles. The second kappa shape index (κ2) is 8.88. The maximum atomic E-state index is 14.3. The molecule has 0 radical (unpaired) electrons. The molecule has 0 aliphatic heterocycles. The molecule has 0 atom stereocenters. The van der Waals surface area contributed by atoms with Gasteiger partial charge in [-0.3, -0.25) is 0 Å². The molecule has 136 valence electrons. The van der Waals surface area contributed by atoms with Gasteiger partial charge in [0.05, 0.1) is 6.61 Å². The van der Waals surface area contributed by atoms with Gasteiger partial charge < -0.3 is 4.74 Å². The average molecular weight is 354 g/mol. The molecule has 2 aromatic carbocycles. The minimum Gasteiger partial charge on any atom is -0.490 e. The van der Waals surface area contributed by atoms with Crippen LogP contribution in [0.5, 0.6) is 5.75 Å². The van der Waals surface area contributed by atoms with Crippen molar-refractivity contribution in [1.82, 2.24) is 0 Å². The smallest absolute Gasteiger partial charge is 0.201 e. The first-order valence-corrected chi connectivity index (χ1v) is 8.59. The highest BCUT2D eigenvalue weighted by Gasteiger charge is 2.20. The normalized spacial score (nSPS) is 11.0. The first-order chi connectivity index (χ1) is 12.0. The van der Waals surface area contributed by atoms with E-state index < -0.39 is 23.3 Å². The number of unbranched alkanes of at least 4 members (excludes halogenated alkanes) is 3. The molecule has 0 fully saturated rings. The van der Waals surface area contributed by atoms with E-state index in [0.29, 0.717) is 6.42 Å². The Bertz CT molecular complexity index is 728. The predicted molar refractivity (Wildman–Crippen MR) is 90.7 cm³/mol. The standard InChI is InChI=1S/C20H22F4O/c1-3-5-6-7-12-25-16-11-10-15(19(23)20(16)24)14-9-8-13(4-2)17(21)18(14)22/h8-11H,3-7,12H2,1-2H3. The fourth-order valence-corrected chi connectivity index (χ4v) is 2.63. The second-order valence-corrected chi connectivity index (χ2v) is 5.90. The van der Waals surface area contributed by atoms with Gasteiger partial charge in [0.15, 0.2) is 23.2 Å². The molecule has 0 aliphatic carbocycles. The maximum Gasteiger partial charge on any atom is 0.201 e. The van der Waals surface area contributed by atoms with Crippen molar-refractivity contribution in [1.29, 1.82) is 0 Å². The molecule has 2 aromatic rings. The van der Waals surface area contributed by atoms with Gasteiger partial charge >= 0.3 is 0 Å². The van der Waals surface area contributed by atoms with Gasteiger partial charge in [-0.05, 0) is 30.5 Å². The summed E-state index contributed by atoms with van der Waals surface area (Å²) in [5.74, 6) is -4.85. The fraction of sp³-hybridized carbons (Fsp3) is 0.400. The van der Waals surface area contributed by atoms with Crippen LogP contribution in [0.1, 0.15) is 45.1 Å². The van der Waals surface area contributed by atoms with Crippen LogP contribution in [0.4, 0.5) is 17.6 Å². The Morgan fingerprint density at radius 2 is 1.36 bits per heavy atom. The highest BCUT2D eigenvalue weighted by Crippen LogP contribution is 2.33. The second-order valence-electron chi connectivity index (χ2n) is 5.90. The lowest BCUT2D eigenvalue weighted by Gasteiger charge is -2.12. The first-order valence-electron chi connectivity index (χ1n) is 8.59. The van der Waals surface area contributed by atoms with Crippen molar-refractivity contribution in [3.05, 3.63) is 53.1 Å². The summed E-state index contributed by atoms with van der Waals surface area (Å²) in [4.78, 5) is 0. The van der Waals surface area contributed by atoms with E-state index in [1.807, 2.05) is 0 Å². The Balaban J connectivity index is 2.24. The van der Waals surface area contributed by atoms with Crippen molar-refractivity contribution in [3.63, 3.8) is 0 Å². The molecule has 1 nitrogen and oxygen atoms in total. The van der Waals surface area contributed by atoms with Gasteiger partial charge in [0.25, 0.3) is 0 Å². The van der Waals surface area contributed by atoms with Crippen LogP contribution >= 0.6 is 0 Å². The van der Waals surface area contributed by atoms with Crippen LogP contribution in [-0.2, 0) is 6.42 Å². The van der Waals surface area contributed by atoms with Gasteiger partial charge in [-0.15, -0.1) is 0 Å². The van der Waals surface area contributed by atoms with E-state index >= 15 is 0 Å². The Morgan fingerprint density at radius 3 is 2.00 bits per heavy atom. The first kappa shape index (κ1) is 19.3. The van der Waals surface area contributed by atoms with Gasteiger partial charge in [-0.25, -0.2) is 13.2 Å². The van der Waals surface area contributed by atoms with Gasteiger partial charge in [0.1, 0.15) is 0 Å². The summed E-state index contributed by atoms with van der Waals surface area (Å²) in [5, 5.41) is 0. The Morgan fingerprint density at radius 1 is 0.720 bits per heavy atom. The molecule has 0 heterocycles. The third-order valence-electron chi connectivity index (χ3n) is 4.14. The van der Waals surface area contributed by atoms with E-state index in [0.717, 1.165) is 25.7 Å². The van der Waals surface area contributed by atoms with Gasteiger partial charge in [-0.2, -0.15) is 4.39 Å². The Labute approximate surface area is 145 Å². The van der Waals surface area contributed by atoms with Gasteiger partial charge in [0.2, 0.25) is 5.82 Å². The van der Waals surface area contributed by atoms with Crippen molar-refractivity contribution < 1.29 is 22.3 Å². The van der Waals surface area contributed by atoms with Crippen LogP contribution in [0.3, 0.4) is 0 Å². The molecular formula is C20H22F4O. The monoisotopic (exact) mass is 354 g/mol. The van der Waals surface area contributed by atoms with Crippen molar-refractivity contribution in [2.75, 3.05) is 6.61 Å². The SMILES string of the molecule is CCCCCCOc1ccc(-c2ccc(CC)c(F)c2F)c(F)c1F. The van der Waals surface area contributed by atoms with Crippen LogP contribution in [-0.4, -0.2) is 6.61 Å². The number of benzene rings is 2. The molecule has 0 unspecified atom stereocenters. The molecule has 0 N–H and O–H groups in total. The van der Waals surface area contributed by atoms with Crippen LogP contribution in [0, 0.1) is 23.3 Å². The summed E-state index contributed by atoms with van der Waals surface area (Å²) in [6, 6.07) is 5.10. The molecule has 0 aromatic heterocycles. The highest BCUT2D eigenvalue weighted by atomic mass is 19.2. The van der Waals surface area contributed by atoms with E-state index in [1.54, 1.807) is 6.92 Å². The summed E-state index contributed by atoms with van der Waals surface area (Å²) in [5.41, 5.74) is -0.440. The summed E-state index contributed by atoms with van der Waals surface area (Å²) in [7, 11) is 0. The van der Waals surface area contributed by atoms with Gasteiger partial charge in [0, 0.05) is 11.1 Å². The third-order valence-corrected chi connectivity index (χ3v) is 4.14. The lowest BCUT2D eigenvalue weighted by atomic mass is 10.0. The zero-order chi connectivity index (χ0) is 18.4. The number of halogens is 4. The summed E-state index contributed by atoms with van der Waals surface area (Å²) in [6.07, 6.45) is 4.13. The quantitative estimate of drug-likeness (QED) is 0.392. The molecule has 0 spiro atoms. The molecule has 0 saturated heterocycles. The van der Waals surface area contributed by atoms with E-state index in [1.165, 1.54) is 24.3 Å². The van der Waals surface area contributed by atoms with Crippen LogP contribution in [0.15, 0.2) is 24.3 Å². The molecule has 5 heteroatoms. The number of hydrogen-bond donors (Lipinski definition) is 0. The predicted octanol–water partition coefficient (Wildman–Crippen LogP) is 6.43. The summed E-state index contributed by atoms with van der Waals surface area (Å²) >= 11 is 0. The number of ether oxygens (including phenoxy) is 1. The van der Waals surface area contributed by atoms with E-state index in [9.17, 15) is 17.6 Å². The van der Waals surface area contributed by atoms with E-state index in [4.69, 9.17) is 4.74 Å². The number of aryl methyl sites for hydroxylation is 1. The molecular weight excluding hydrogens is 332 g/mol. The van der Waals surface area contributed by atoms with Crippen LogP contribution in [0.2, 0.25) is 0 Å². The third kappa shape index (κ3) is 4.33. The highest BCUT2D eigenvalue weighted by molar-refractivity contribution is 5.66. The van der Waals surface area contributed by atoms with Gasteiger partial charge in [-0.1, -0.05) is 45.2 Å². The lowest BCUT2D eigenvalue weighted by molar-refractivity contribution is 0.285. The average Bonchev–Trinajstić information content (AvgIpc) is 2.61. The number of rotatable bonds is 8. The zero-order valence-corrected chi connectivity index (χ0v) is 14.5. The fourth-order valence-electron chi connectivity index (χ4n) is 2.63.